The molecule has 2 aromatic carbocycles. The van der Waals surface area contributed by atoms with E-state index in [-0.39, 0.29) is 16.3 Å². The van der Waals surface area contributed by atoms with Crippen LogP contribution >= 0.6 is 11.6 Å². The van der Waals surface area contributed by atoms with Crippen LogP contribution in [0, 0.1) is 34.0 Å². The van der Waals surface area contributed by atoms with Crippen molar-refractivity contribution < 1.29 is 9.15 Å². The maximum absolute atomic E-state index is 9.07. The lowest BCUT2D eigenvalue weighted by Crippen LogP contribution is -2.00. The molecule has 0 amide bonds. The van der Waals surface area contributed by atoms with Gasteiger partial charge in [-0.1, -0.05) is 17.7 Å². The van der Waals surface area contributed by atoms with Crippen LogP contribution in [0.5, 0.6) is 11.5 Å². The van der Waals surface area contributed by atoms with Crippen molar-refractivity contribution in [3.63, 3.8) is 0 Å². The molecule has 0 fully saturated rings. The van der Waals surface area contributed by atoms with Gasteiger partial charge in [-0.3, -0.25) is 0 Å². The lowest BCUT2D eigenvalue weighted by molar-refractivity contribution is 0.487. The Hall–Kier alpha value is -3.99. The number of nitriles is 3. The van der Waals surface area contributed by atoms with Gasteiger partial charge in [-0.2, -0.15) is 15.8 Å². The van der Waals surface area contributed by atoms with E-state index in [4.69, 9.17) is 36.5 Å². The molecular weight excluding hydrogens is 354 g/mol. The van der Waals surface area contributed by atoms with Gasteiger partial charge in [0.1, 0.15) is 29.7 Å². The van der Waals surface area contributed by atoms with E-state index < -0.39 is 0 Å². The first-order valence-corrected chi connectivity index (χ1v) is 7.55. The van der Waals surface area contributed by atoms with Gasteiger partial charge in [-0.05, 0) is 30.3 Å². The number of fused-ring (bicyclic) bond motifs is 1. The van der Waals surface area contributed by atoms with Crippen molar-refractivity contribution >= 4 is 28.4 Å². The molecule has 1 N–H and O–H groups in total. The fourth-order valence-corrected chi connectivity index (χ4v) is 2.37. The number of anilines is 1. The molecule has 1 heterocycles. The Bertz CT molecular complexity index is 1130. The maximum atomic E-state index is 9.07. The average molecular weight is 362 g/mol. The summed E-state index contributed by atoms with van der Waals surface area (Å²) in [5.41, 5.74) is 1.10. The number of nitrogens with zero attached hydrogens (tertiary/aromatic N) is 4. The Balaban J connectivity index is 1.88. The average Bonchev–Trinajstić information content (AvgIpc) is 3.13. The Morgan fingerprint density at radius 1 is 1.08 bits per heavy atom. The molecule has 0 atom stereocenters. The lowest BCUT2D eigenvalue weighted by Gasteiger charge is -2.10. The minimum absolute atomic E-state index is 0.160. The molecule has 1 aromatic heterocycles. The summed E-state index contributed by atoms with van der Waals surface area (Å²) in [6.45, 7) is 0. The molecule has 124 valence electrons. The number of benzene rings is 2. The van der Waals surface area contributed by atoms with E-state index in [1.807, 2.05) is 0 Å². The summed E-state index contributed by atoms with van der Waals surface area (Å²) < 4.78 is 11.0. The fraction of sp³-hybridized carbons (Fsp3) is 0. The van der Waals surface area contributed by atoms with Crippen molar-refractivity contribution in [3.05, 3.63) is 59.1 Å². The molecule has 0 aliphatic heterocycles. The van der Waals surface area contributed by atoms with Gasteiger partial charge >= 0.3 is 0 Å². The van der Waals surface area contributed by atoms with Crippen LogP contribution in [0.3, 0.4) is 0 Å². The number of rotatable bonds is 4. The van der Waals surface area contributed by atoms with E-state index in [0.29, 0.717) is 28.3 Å². The topological polar surface area (TPSA) is 119 Å². The van der Waals surface area contributed by atoms with Crippen LogP contribution < -0.4 is 10.1 Å². The zero-order chi connectivity index (χ0) is 18.5. The van der Waals surface area contributed by atoms with Crippen molar-refractivity contribution in [3.8, 4) is 29.7 Å². The second kappa shape index (κ2) is 7.27. The van der Waals surface area contributed by atoms with Crippen molar-refractivity contribution in [2.24, 2.45) is 0 Å². The summed E-state index contributed by atoms with van der Waals surface area (Å²) in [4.78, 5) is 4.10. The fourth-order valence-electron chi connectivity index (χ4n) is 2.15. The minimum Gasteiger partial charge on any atom is -0.453 e. The molecule has 0 aliphatic rings. The molecule has 0 aliphatic carbocycles. The number of hydrogen-bond donors (Lipinski definition) is 1. The molecule has 3 rings (SSSR count). The summed E-state index contributed by atoms with van der Waals surface area (Å²) in [6.07, 6.45) is 1.32. The second-order valence-corrected chi connectivity index (χ2v) is 5.32. The molecule has 0 radical (unpaired) electrons. The van der Waals surface area contributed by atoms with Crippen LogP contribution in [0.2, 0.25) is 5.02 Å². The molecule has 7 nitrogen and oxygen atoms in total. The number of nitrogens with one attached hydrogen (secondary N) is 1. The highest BCUT2D eigenvalue weighted by molar-refractivity contribution is 6.32. The Morgan fingerprint density at radius 2 is 1.88 bits per heavy atom. The molecule has 0 saturated heterocycles. The van der Waals surface area contributed by atoms with Crippen LogP contribution in [0.1, 0.15) is 0 Å². The highest BCUT2D eigenvalue weighted by Gasteiger charge is 2.11. The van der Waals surface area contributed by atoms with Gasteiger partial charge in [0.15, 0.2) is 28.8 Å². The normalized spacial score (nSPS) is 9.62. The van der Waals surface area contributed by atoms with E-state index in [1.165, 1.54) is 12.5 Å². The molecule has 3 aromatic rings. The smallest absolute Gasteiger partial charge is 0.182 e. The molecular formula is C18H8ClN5O2. The van der Waals surface area contributed by atoms with E-state index >= 15 is 0 Å². The largest absolute Gasteiger partial charge is 0.453 e. The molecule has 0 bridgehead atoms. The van der Waals surface area contributed by atoms with E-state index in [9.17, 15) is 0 Å². The van der Waals surface area contributed by atoms with E-state index in [2.05, 4.69) is 10.3 Å². The van der Waals surface area contributed by atoms with Gasteiger partial charge in [0.2, 0.25) is 0 Å². The standard InChI is InChI=1S/C18H8ClN5O2/c19-13-6-12(24-14(9-22)11(7-20)8-21)4-5-15(13)26-17-3-1-2-16-18(17)23-10-25-16/h1-6,10,24H. The Kier molecular flexibility index (Phi) is 4.71. The lowest BCUT2D eigenvalue weighted by atomic mass is 10.2. The number of hydrogen-bond acceptors (Lipinski definition) is 7. The number of ether oxygens (including phenoxy) is 1. The molecule has 0 saturated carbocycles. The van der Waals surface area contributed by atoms with Gasteiger partial charge in [0, 0.05) is 5.69 Å². The zero-order valence-corrected chi connectivity index (χ0v) is 13.8. The number of allylic oxidation sites excluding steroid dienone is 2. The van der Waals surface area contributed by atoms with E-state index in [0.717, 1.165) is 0 Å². The third-order valence-electron chi connectivity index (χ3n) is 3.33. The van der Waals surface area contributed by atoms with Crippen LogP contribution in [0.15, 0.2) is 58.5 Å². The van der Waals surface area contributed by atoms with Crippen molar-refractivity contribution in [2.45, 2.75) is 0 Å². The van der Waals surface area contributed by atoms with E-state index in [1.54, 1.807) is 48.5 Å². The third kappa shape index (κ3) is 3.27. The molecule has 26 heavy (non-hydrogen) atoms. The highest BCUT2D eigenvalue weighted by atomic mass is 35.5. The maximum Gasteiger partial charge on any atom is 0.182 e. The predicted octanol–water partition coefficient (Wildman–Crippen LogP) is 4.51. The first-order chi connectivity index (χ1) is 12.7. The third-order valence-corrected chi connectivity index (χ3v) is 3.63. The summed E-state index contributed by atoms with van der Waals surface area (Å²) in [5, 5.41) is 29.7. The van der Waals surface area contributed by atoms with Crippen LogP contribution in [0.25, 0.3) is 11.1 Å². The second-order valence-electron chi connectivity index (χ2n) is 4.91. The van der Waals surface area contributed by atoms with Crippen LogP contribution in [0.4, 0.5) is 5.69 Å². The van der Waals surface area contributed by atoms with Gasteiger partial charge in [0.25, 0.3) is 0 Å². The first kappa shape index (κ1) is 16.9. The minimum atomic E-state index is -0.318. The van der Waals surface area contributed by atoms with Gasteiger partial charge < -0.3 is 14.5 Å². The van der Waals surface area contributed by atoms with Gasteiger partial charge in [-0.25, -0.2) is 4.98 Å². The van der Waals surface area contributed by atoms with Crippen LogP contribution in [-0.2, 0) is 0 Å². The van der Waals surface area contributed by atoms with Crippen molar-refractivity contribution in [2.75, 3.05) is 5.32 Å². The predicted molar refractivity (Wildman–Crippen MR) is 93.0 cm³/mol. The van der Waals surface area contributed by atoms with Crippen LogP contribution in [-0.4, -0.2) is 4.98 Å². The van der Waals surface area contributed by atoms with Crippen molar-refractivity contribution in [1.82, 2.24) is 4.98 Å². The summed E-state index contributed by atoms with van der Waals surface area (Å²) in [7, 11) is 0. The summed E-state index contributed by atoms with van der Waals surface area (Å²) >= 11 is 6.24. The van der Waals surface area contributed by atoms with Crippen molar-refractivity contribution in [1.29, 1.82) is 15.8 Å². The van der Waals surface area contributed by atoms with Gasteiger partial charge in [-0.15, -0.1) is 0 Å². The quantitative estimate of drug-likeness (QED) is 0.679. The zero-order valence-electron chi connectivity index (χ0n) is 13.0. The summed E-state index contributed by atoms with van der Waals surface area (Å²) in [5.74, 6) is 0.851. The SMILES string of the molecule is N#CC(C#N)=C(C#N)Nc1ccc(Oc2cccc3ocnc23)c(Cl)c1. The number of para-hydroxylation sites is 1. The molecule has 8 heteroatoms. The highest BCUT2D eigenvalue weighted by Crippen LogP contribution is 2.34. The molecule has 0 spiro atoms. The number of halogens is 1. The van der Waals surface area contributed by atoms with Gasteiger partial charge in [0.05, 0.1) is 5.02 Å². The first-order valence-electron chi connectivity index (χ1n) is 7.17. The number of aromatic nitrogens is 1. The Labute approximate surface area is 152 Å². The molecule has 0 unspecified atom stereocenters. The monoisotopic (exact) mass is 361 g/mol. The Morgan fingerprint density at radius 3 is 2.58 bits per heavy atom. The summed E-state index contributed by atoms with van der Waals surface area (Å²) in [6, 6.07) is 15.1. The number of oxazole rings is 1.